The normalized spacial score (nSPS) is 12.6. The summed E-state index contributed by atoms with van der Waals surface area (Å²) < 4.78 is 17.5. The van der Waals surface area contributed by atoms with Crippen LogP contribution >= 0.6 is 0 Å². The highest BCUT2D eigenvalue weighted by molar-refractivity contribution is 7.84. The first-order chi connectivity index (χ1) is 19.3. The number of carboxylic acid groups (broad SMARTS) is 1. The molecule has 0 fully saturated rings. The molecule has 0 spiro atoms. The largest absolute Gasteiger partial charge is 0.480 e. The fraction of sp³-hybridized carbons (Fsp3) is 0.156. The number of carboxylic acids is 1. The Kier molecular flexibility index (Phi) is 9.59. The van der Waals surface area contributed by atoms with Crippen LogP contribution in [0.2, 0.25) is 0 Å². The van der Waals surface area contributed by atoms with Gasteiger partial charge in [-0.3, -0.25) is 14.0 Å². The van der Waals surface area contributed by atoms with Crippen LogP contribution in [0.3, 0.4) is 0 Å². The van der Waals surface area contributed by atoms with Crippen molar-refractivity contribution in [2.75, 3.05) is 12.0 Å². The van der Waals surface area contributed by atoms with Crippen molar-refractivity contribution in [2.24, 2.45) is 0 Å². The molecule has 3 aromatic carbocycles. The van der Waals surface area contributed by atoms with E-state index in [1.807, 2.05) is 79.7 Å². The first-order valence-corrected chi connectivity index (χ1v) is 14.4. The van der Waals surface area contributed by atoms with E-state index in [4.69, 9.17) is 4.74 Å². The van der Waals surface area contributed by atoms with Crippen molar-refractivity contribution in [3.8, 4) is 22.6 Å². The zero-order chi connectivity index (χ0) is 28.5. The fourth-order valence-electron chi connectivity index (χ4n) is 4.15. The standard InChI is InChI=1S/C32H30N2O5S/c1-22-8-6-7-11-26(22)28-20-23(13-15-27(28)31(35)34-29(32(36)37)17-19-40(2)38)12-14-24-21-33-18-16-30(24)39-25-9-4-3-5-10-25/h3-16,18,20-21,29H,17,19H2,1-2H3,(H,34,35)(H,36,37)/b14-12+/t29-,40?/m0/s1. The Bertz CT molecular complexity index is 1550. The molecular weight excluding hydrogens is 524 g/mol. The summed E-state index contributed by atoms with van der Waals surface area (Å²) in [6, 6.07) is 23.2. The number of aromatic nitrogens is 1. The molecule has 0 aliphatic rings. The van der Waals surface area contributed by atoms with Crippen molar-refractivity contribution in [1.29, 1.82) is 0 Å². The summed E-state index contributed by atoms with van der Waals surface area (Å²) in [4.78, 5) is 29.3. The van der Waals surface area contributed by atoms with Gasteiger partial charge < -0.3 is 15.2 Å². The molecule has 2 atom stereocenters. The monoisotopic (exact) mass is 554 g/mol. The van der Waals surface area contributed by atoms with Crippen LogP contribution in [0.4, 0.5) is 0 Å². The van der Waals surface area contributed by atoms with Gasteiger partial charge in [0, 0.05) is 46.3 Å². The maximum absolute atomic E-state index is 13.3. The summed E-state index contributed by atoms with van der Waals surface area (Å²) in [6.07, 6.45) is 8.77. The van der Waals surface area contributed by atoms with Gasteiger partial charge >= 0.3 is 5.97 Å². The number of benzene rings is 3. The highest BCUT2D eigenvalue weighted by Crippen LogP contribution is 2.30. The molecule has 0 bridgehead atoms. The lowest BCUT2D eigenvalue weighted by Crippen LogP contribution is -2.41. The van der Waals surface area contributed by atoms with Crippen LogP contribution < -0.4 is 10.1 Å². The highest BCUT2D eigenvalue weighted by atomic mass is 32.2. The smallest absolute Gasteiger partial charge is 0.326 e. The lowest BCUT2D eigenvalue weighted by Gasteiger charge is -2.17. The fourth-order valence-corrected chi connectivity index (χ4v) is 4.72. The maximum atomic E-state index is 13.3. The topological polar surface area (TPSA) is 106 Å². The molecule has 4 rings (SSSR count). The molecule has 0 aliphatic heterocycles. The van der Waals surface area contributed by atoms with E-state index in [2.05, 4.69) is 10.3 Å². The minimum Gasteiger partial charge on any atom is -0.480 e. The first kappa shape index (κ1) is 28.4. The zero-order valence-electron chi connectivity index (χ0n) is 22.2. The van der Waals surface area contributed by atoms with Crippen molar-refractivity contribution >= 4 is 34.8 Å². The molecule has 1 unspecified atom stereocenters. The average molecular weight is 555 g/mol. The van der Waals surface area contributed by atoms with Crippen LogP contribution in [0.5, 0.6) is 11.5 Å². The number of pyridine rings is 1. The molecule has 7 nitrogen and oxygen atoms in total. The van der Waals surface area contributed by atoms with Crippen molar-refractivity contribution in [3.63, 3.8) is 0 Å². The predicted molar refractivity (Wildman–Crippen MR) is 159 cm³/mol. The number of rotatable bonds is 11. The van der Waals surface area contributed by atoms with E-state index >= 15 is 0 Å². The van der Waals surface area contributed by atoms with Crippen LogP contribution in [0.25, 0.3) is 23.3 Å². The number of amides is 1. The van der Waals surface area contributed by atoms with Gasteiger partial charge in [0.1, 0.15) is 17.5 Å². The Balaban J connectivity index is 1.66. The summed E-state index contributed by atoms with van der Waals surface area (Å²) in [5.41, 5.74) is 4.47. The number of aliphatic carboxylic acids is 1. The van der Waals surface area contributed by atoms with Gasteiger partial charge in [0.2, 0.25) is 0 Å². The molecule has 0 aliphatic carbocycles. The summed E-state index contributed by atoms with van der Waals surface area (Å²) in [6.45, 7) is 1.96. The quantitative estimate of drug-likeness (QED) is 0.237. The van der Waals surface area contributed by atoms with Crippen molar-refractivity contribution < 1.29 is 23.6 Å². The third-order valence-electron chi connectivity index (χ3n) is 6.26. The maximum Gasteiger partial charge on any atom is 0.326 e. The summed E-state index contributed by atoms with van der Waals surface area (Å²) in [5, 5.41) is 12.2. The summed E-state index contributed by atoms with van der Waals surface area (Å²) in [5.74, 6) is -0.129. The van der Waals surface area contributed by atoms with Gasteiger partial charge in [0.15, 0.2) is 0 Å². The molecule has 1 amide bonds. The number of para-hydroxylation sites is 1. The van der Waals surface area contributed by atoms with Crippen molar-refractivity contribution in [3.05, 3.63) is 114 Å². The van der Waals surface area contributed by atoms with Gasteiger partial charge in [-0.05, 0) is 72.0 Å². The van der Waals surface area contributed by atoms with E-state index < -0.39 is 28.7 Å². The zero-order valence-corrected chi connectivity index (χ0v) is 23.1. The second-order valence-electron chi connectivity index (χ2n) is 9.21. The van der Waals surface area contributed by atoms with Crippen LogP contribution in [0.15, 0.2) is 91.3 Å². The summed E-state index contributed by atoms with van der Waals surface area (Å²) in [7, 11) is -1.17. The minimum absolute atomic E-state index is 0.0726. The molecule has 0 saturated carbocycles. The second-order valence-corrected chi connectivity index (χ2v) is 10.8. The Labute approximate surface area is 236 Å². The van der Waals surface area contributed by atoms with Crippen molar-refractivity contribution in [1.82, 2.24) is 10.3 Å². The third kappa shape index (κ3) is 7.51. The number of hydrogen-bond acceptors (Lipinski definition) is 5. The second kappa shape index (κ2) is 13.5. The number of carbonyl (C=O) groups excluding carboxylic acids is 1. The lowest BCUT2D eigenvalue weighted by atomic mass is 9.93. The average Bonchev–Trinajstić information content (AvgIpc) is 2.95. The van der Waals surface area contributed by atoms with Gasteiger partial charge in [0.05, 0.1) is 0 Å². The van der Waals surface area contributed by atoms with E-state index in [9.17, 15) is 18.9 Å². The van der Waals surface area contributed by atoms with Crippen molar-refractivity contribution in [2.45, 2.75) is 19.4 Å². The first-order valence-electron chi connectivity index (χ1n) is 12.7. The molecule has 0 saturated heterocycles. The molecule has 0 radical (unpaired) electrons. The molecule has 4 aromatic rings. The number of carbonyl (C=O) groups is 2. The van der Waals surface area contributed by atoms with Gasteiger partial charge in [0.25, 0.3) is 5.91 Å². The predicted octanol–water partition coefficient (Wildman–Crippen LogP) is 5.97. The molecule has 1 aromatic heterocycles. The van der Waals surface area contributed by atoms with E-state index in [1.54, 1.807) is 30.6 Å². The molecule has 204 valence electrons. The Morgan fingerprint density at radius 3 is 2.48 bits per heavy atom. The molecule has 40 heavy (non-hydrogen) atoms. The van der Waals surface area contributed by atoms with Gasteiger partial charge in [-0.15, -0.1) is 0 Å². The van der Waals surface area contributed by atoms with E-state index in [0.717, 1.165) is 22.3 Å². The van der Waals surface area contributed by atoms with E-state index in [0.29, 0.717) is 22.6 Å². The molecule has 1 heterocycles. The Hall–Kier alpha value is -4.56. The highest BCUT2D eigenvalue weighted by Gasteiger charge is 2.23. The van der Waals surface area contributed by atoms with Gasteiger partial charge in [-0.2, -0.15) is 0 Å². The third-order valence-corrected chi connectivity index (χ3v) is 7.07. The van der Waals surface area contributed by atoms with Gasteiger partial charge in [-0.25, -0.2) is 4.79 Å². The Morgan fingerprint density at radius 1 is 1.00 bits per heavy atom. The molecule has 8 heteroatoms. The lowest BCUT2D eigenvalue weighted by molar-refractivity contribution is -0.139. The number of aryl methyl sites for hydroxylation is 1. The van der Waals surface area contributed by atoms with E-state index in [1.165, 1.54) is 6.26 Å². The number of ether oxygens (including phenoxy) is 1. The Morgan fingerprint density at radius 2 is 1.75 bits per heavy atom. The van der Waals surface area contributed by atoms with Crippen LogP contribution in [0, 0.1) is 6.92 Å². The number of nitrogens with zero attached hydrogens (tertiary/aromatic N) is 1. The summed E-state index contributed by atoms with van der Waals surface area (Å²) >= 11 is 0. The molecule has 2 N–H and O–H groups in total. The molecular formula is C32H30N2O5S. The number of nitrogens with one attached hydrogen (secondary N) is 1. The van der Waals surface area contributed by atoms with E-state index in [-0.39, 0.29) is 12.2 Å². The van der Waals surface area contributed by atoms with Crippen LogP contribution in [0.1, 0.15) is 33.5 Å². The van der Waals surface area contributed by atoms with Crippen LogP contribution in [-0.2, 0) is 15.6 Å². The SMILES string of the molecule is Cc1ccccc1-c1cc(/C=C/c2cnccc2Oc2ccccc2)ccc1C(=O)N[C@@H](CCS(C)=O)C(=O)O. The minimum atomic E-state index is -1.17. The number of hydrogen-bond donors (Lipinski definition) is 2. The van der Waals surface area contributed by atoms with Crippen LogP contribution in [-0.4, -0.2) is 44.2 Å². The van der Waals surface area contributed by atoms with Gasteiger partial charge in [-0.1, -0.05) is 54.6 Å².